The maximum absolute atomic E-state index is 5.84. The van der Waals surface area contributed by atoms with E-state index in [0.29, 0.717) is 5.42 Å². The summed E-state index contributed by atoms with van der Waals surface area (Å²) in [7, 11) is 0. The summed E-state index contributed by atoms with van der Waals surface area (Å²) < 4.78 is 8.05. The van der Waals surface area contributed by atoms with E-state index >= 15 is 0 Å². The van der Waals surface area contributed by atoms with Crippen LogP contribution in [0.25, 0.3) is 51.2 Å². The number of nitrogens with zero attached hydrogens (tertiary/aromatic N) is 2. The van der Waals surface area contributed by atoms with E-state index in [1.807, 2.05) is 18.2 Å². The van der Waals surface area contributed by atoms with Gasteiger partial charge in [0.1, 0.15) is 11.4 Å². The quantitative estimate of drug-likeness (QED) is 0.448. The van der Waals surface area contributed by atoms with Crippen molar-refractivity contribution in [1.29, 1.82) is 0 Å². The molecule has 4 N–H and O–H groups in total. The molecule has 5 nitrogen and oxygen atoms in total. The molecule has 5 rings (SSSR count). The van der Waals surface area contributed by atoms with Crippen molar-refractivity contribution in [3.63, 3.8) is 0 Å². The molecule has 0 bridgehead atoms. The number of hydrogen-bond donors (Lipinski definition) is 2. The summed E-state index contributed by atoms with van der Waals surface area (Å²) in [4.78, 5) is 5.06. The first-order chi connectivity index (χ1) is 15.4. The predicted molar refractivity (Wildman–Crippen MR) is 132 cm³/mol. The van der Waals surface area contributed by atoms with Crippen molar-refractivity contribution < 1.29 is 4.42 Å². The monoisotopic (exact) mass is 422 g/mol. The number of nitrogens with two attached hydrogens (primary N) is 2. The molecule has 0 radical (unpaired) electrons. The fourth-order valence-corrected chi connectivity index (χ4v) is 4.21. The van der Waals surface area contributed by atoms with Gasteiger partial charge in [0.25, 0.3) is 0 Å². The van der Waals surface area contributed by atoms with Gasteiger partial charge in [-0.15, -0.1) is 0 Å². The SMILES string of the molecule is CC(C)(C)c1nc2cc(-c3ccc4oc(=C/N)/c(=C\N)c4c3)ccc2n1-c1ccccc1. The smallest absolute Gasteiger partial charge is 0.152 e. The fraction of sp³-hybridized carbons (Fsp3) is 0.148. The van der Waals surface area contributed by atoms with Crippen LogP contribution in [0, 0.1) is 0 Å². The summed E-state index contributed by atoms with van der Waals surface area (Å²) in [5.41, 5.74) is 18.1. The van der Waals surface area contributed by atoms with Gasteiger partial charge in [0.2, 0.25) is 0 Å². The molecule has 0 aliphatic rings. The Balaban J connectivity index is 1.73. The van der Waals surface area contributed by atoms with Crippen LogP contribution in [0.4, 0.5) is 0 Å². The molecule has 160 valence electrons. The van der Waals surface area contributed by atoms with Gasteiger partial charge in [0, 0.05) is 34.1 Å². The van der Waals surface area contributed by atoms with Crippen molar-refractivity contribution in [3.05, 3.63) is 83.2 Å². The first-order valence-electron chi connectivity index (χ1n) is 10.7. The molecule has 32 heavy (non-hydrogen) atoms. The Hall–Kier alpha value is -3.99. The predicted octanol–water partition coefficient (Wildman–Crippen LogP) is 4.13. The lowest BCUT2D eigenvalue weighted by Gasteiger charge is -2.20. The van der Waals surface area contributed by atoms with Crippen LogP contribution in [0.5, 0.6) is 0 Å². The highest BCUT2D eigenvalue weighted by molar-refractivity contribution is 5.88. The molecule has 5 aromatic rings. The van der Waals surface area contributed by atoms with E-state index in [9.17, 15) is 0 Å². The molecule has 2 heterocycles. The Morgan fingerprint density at radius 3 is 2.28 bits per heavy atom. The molecule has 3 aromatic carbocycles. The second-order valence-electron chi connectivity index (χ2n) is 8.98. The van der Waals surface area contributed by atoms with Gasteiger partial charge in [-0.3, -0.25) is 4.57 Å². The average Bonchev–Trinajstić information content (AvgIpc) is 3.36. The molecule has 0 spiro atoms. The van der Waals surface area contributed by atoms with Crippen LogP contribution in [0.15, 0.2) is 71.1 Å². The standard InChI is InChI=1S/C27H26N4O/c1-27(2,3)26-30-22-14-18(9-11-23(22)31(26)19-7-5-4-6-8-19)17-10-12-24-20(13-17)21(15-28)25(16-29)32-24/h4-16H,28-29H2,1-3H3/b21-15-,25-16+. The van der Waals surface area contributed by atoms with Gasteiger partial charge in [-0.2, -0.15) is 0 Å². The van der Waals surface area contributed by atoms with Crippen LogP contribution in [-0.2, 0) is 5.41 Å². The first kappa shape index (κ1) is 19.9. The number of para-hydroxylation sites is 1. The Kier molecular flexibility index (Phi) is 4.55. The minimum Gasteiger partial charge on any atom is -0.454 e. The maximum Gasteiger partial charge on any atom is 0.152 e. The zero-order valence-corrected chi connectivity index (χ0v) is 18.5. The summed E-state index contributed by atoms with van der Waals surface area (Å²) in [6.07, 6.45) is 2.98. The van der Waals surface area contributed by atoms with Crippen molar-refractivity contribution >= 4 is 34.4 Å². The summed E-state index contributed by atoms with van der Waals surface area (Å²) in [5.74, 6) is 1.03. The van der Waals surface area contributed by atoms with Crippen LogP contribution >= 0.6 is 0 Å². The summed E-state index contributed by atoms with van der Waals surface area (Å²) in [5, 5.41) is 1.74. The van der Waals surface area contributed by atoms with Gasteiger partial charge < -0.3 is 15.9 Å². The number of aromatic nitrogens is 2. The van der Waals surface area contributed by atoms with Crippen LogP contribution in [0.1, 0.15) is 26.6 Å². The molecule has 0 fully saturated rings. The average molecular weight is 423 g/mol. The Morgan fingerprint density at radius 1 is 0.875 bits per heavy atom. The van der Waals surface area contributed by atoms with Gasteiger partial charge in [-0.1, -0.05) is 51.1 Å². The van der Waals surface area contributed by atoms with E-state index in [4.69, 9.17) is 20.9 Å². The number of furan rings is 1. The third-order valence-electron chi connectivity index (χ3n) is 5.75. The van der Waals surface area contributed by atoms with Crippen LogP contribution in [-0.4, -0.2) is 9.55 Å². The lowest BCUT2D eigenvalue weighted by molar-refractivity contribution is 0.539. The third kappa shape index (κ3) is 3.14. The highest BCUT2D eigenvalue weighted by Crippen LogP contribution is 2.32. The van der Waals surface area contributed by atoms with Gasteiger partial charge >= 0.3 is 0 Å². The molecular weight excluding hydrogens is 396 g/mol. The van der Waals surface area contributed by atoms with E-state index in [1.165, 1.54) is 12.4 Å². The van der Waals surface area contributed by atoms with Crippen molar-refractivity contribution in [2.24, 2.45) is 11.5 Å². The maximum atomic E-state index is 5.84. The van der Waals surface area contributed by atoms with Crippen molar-refractivity contribution in [1.82, 2.24) is 9.55 Å². The number of hydrogen-bond acceptors (Lipinski definition) is 4. The van der Waals surface area contributed by atoms with E-state index in [0.717, 1.165) is 49.9 Å². The normalized spacial score (nSPS) is 13.5. The Morgan fingerprint density at radius 2 is 1.59 bits per heavy atom. The van der Waals surface area contributed by atoms with Gasteiger partial charge in [-0.05, 0) is 47.5 Å². The molecule has 0 atom stereocenters. The largest absolute Gasteiger partial charge is 0.454 e. The number of benzene rings is 3. The molecular formula is C27H26N4O. The lowest BCUT2D eigenvalue weighted by Crippen LogP contribution is -2.23. The van der Waals surface area contributed by atoms with Crippen LogP contribution in [0.3, 0.4) is 0 Å². The number of rotatable bonds is 2. The molecule has 0 aliphatic heterocycles. The second kappa shape index (κ2) is 7.31. The van der Waals surface area contributed by atoms with E-state index in [-0.39, 0.29) is 5.41 Å². The van der Waals surface area contributed by atoms with Gasteiger partial charge in [-0.25, -0.2) is 4.98 Å². The highest BCUT2D eigenvalue weighted by Gasteiger charge is 2.24. The van der Waals surface area contributed by atoms with E-state index < -0.39 is 0 Å². The van der Waals surface area contributed by atoms with E-state index in [1.54, 1.807) is 0 Å². The zero-order chi connectivity index (χ0) is 22.5. The van der Waals surface area contributed by atoms with Crippen molar-refractivity contribution in [2.75, 3.05) is 0 Å². The Bertz CT molecular complexity index is 1570. The Labute approximate surface area is 186 Å². The highest BCUT2D eigenvalue weighted by atomic mass is 16.3. The zero-order valence-electron chi connectivity index (χ0n) is 18.5. The minimum atomic E-state index is -0.105. The summed E-state index contributed by atoms with van der Waals surface area (Å²) in [6.45, 7) is 6.58. The molecule has 0 aliphatic carbocycles. The summed E-state index contributed by atoms with van der Waals surface area (Å²) >= 11 is 0. The molecule has 0 unspecified atom stereocenters. The molecule has 0 saturated heterocycles. The van der Waals surface area contributed by atoms with Gasteiger partial charge in [0.05, 0.1) is 11.0 Å². The van der Waals surface area contributed by atoms with Crippen LogP contribution in [0.2, 0.25) is 0 Å². The van der Waals surface area contributed by atoms with Crippen LogP contribution < -0.4 is 22.1 Å². The topological polar surface area (TPSA) is 83.0 Å². The minimum absolute atomic E-state index is 0.105. The third-order valence-corrected chi connectivity index (χ3v) is 5.75. The fourth-order valence-electron chi connectivity index (χ4n) is 4.21. The summed E-state index contributed by atoms with van der Waals surface area (Å²) in [6, 6.07) is 22.9. The molecule has 5 heteroatoms. The van der Waals surface area contributed by atoms with Crippen molar-refractivity contribution in [2.45, 2.75) is 26.2 Å². The van der Waals surface area contributed by atoms with E-state index in [2.05, 4.69) is 73.9 Å². The first-order valence-corrected chi connectivity index (χ1v) is 10.7. The molecule has 0 saturated carbocycles. The van der Waals surface area contributed by atoms with Gasteiger partial charge in [0.15, 0.2) is 5.42 Å². The number of imidazole rings is 1. The molecule has 2 aromatic heterocycles. The second-order valence-corrected chi connectivity index (χ2v) is 8.98. The molecule has 0 amide bonds. The van der Waals surface area contributed by atoms with Crippen molar-refractivity contribution in [3.8, 4) is 16.8 Å². The number of fused-ring (bicyclic) bond motifs is 2. The lowest BCUT2D eigenvalue weighted by atomic mass is 9.95.